The van der Waals surface area contributed by atoms with Gasteiger partial charge in [0.05, 0.1) is 21.8 Å². The van der Waals surface area contributed by atoms with Gasteiger partial charge in [-0.25, -0.2) is 8.93 Å². The maximum atomic E-state index is 12.5. The highest BCUT2D eigenvalue weighted by molar-refractivity contribution is 9.10. The molecule has 0 saturated heterocycles. The lowest BCUT2D eigenvalue weighted by Gasteiger charge is -2.25. The molecule has 1 N–H and O–H groups in total. The number of nitrogens with one attached hydrogen (secondary N) is 1. The van der Waals surface area contributed by atoms with Gasteiger partial charge in [0.2, 0.25) is 0 Å². The van der Waals surface area contributed by atoms with Crippen LogP contribution in [0.1, 0.15) is 37.9 Å². The minimum Gasteiger partial charge on any atom is -0.242 e. The van der Waals surface area contributed by atoms with E-state index in [-0.39, 0.29) is 10.8 Å². The second-order valence-corrected chi connectivity index (χ2v) is 8.81. The summed E-state index contributed by atoms with van der Waals surface area (Å²) in [6.45, 7) is 5.92. The maximum absolute atomic E-state index is 12.5. The van der Waals surface area contributed by atoms with Crippen LogP contribution in [0.3, 0.4) is 0 Å². The predicted molar refractivity (Wildman–Crippen MR) is 93.5 cm³/mol. The average Bonchev–Trinajstić information content (AvgIpc) is 2.45. The van der Waals surface area contributed by atoms with Crippen molar-refractivity contribution < 1.29 is 4.21 Å². The quantitative estimate of drug-likeness (QED) is 0.843. The molecular weight excluding hydrogens is 346 g/mol. The Bertz CT molecular complexity index is 605. The molecule has 0 aliphatic carbocycles. The van der Waals surface area contributed by atoms with Crippen LogP contribution in [0.4, 0.5) is 0 Å². The molecule has 0 saturated carbocycles. The minimum atomic E-state index is -1.14. The molecule has 0 spiro atoms. The van der Waals surface area contributed by atoms with E-state index < -0.39 is 11.0 Å². The molecule has 0 aliphatic rings. The first-order chi connectivity index (χ1) is 9.88. The topological polar surface area (TPSA) is 29.1 Å². The zero-order valence-electron chi connectivity index (χ0n) is 12.5. The van der Waals surface area contributed by atoms with Crippen LogP contribution in [-0.2, 0) is 11.0 Å². The van der Waals surface area contributed by atoms with Crippen LogP contribution >= 0.6 is 15.9 Å². The highest BCUT2D eigenvalue weighted by Gasteiger charge is 2.24. The van der Waals surface area contributed by atoms with Crippen molar-refractivity contribution in [1.29, 1.82) is 0 Å². The van der Waals surface area contributed by atoms with E-state index in [9.17, 15) is 4.21 Å². The summed E-state index contributed by atoms with van der Waals surface area (Å²) in [5.74, 6) is 0. The van der Waals surface area contributed by atoms with Gasteiger partial charge in [-0.05, 0) is 44.0 Å². The summed E-state index contributed by atoms with van der Waals surface area (Å²) in [4.78, 5) is 0. The lowest BCUT2D eigenvalue weighted by molar-refractivity contribution is 0.623. The smallest absolute Gasteiger partial charge is 0.0979 e. The van der Waals surface area contributed by atoms with Crippen LogP contribution in [0.25, 0.3) is 0 Å². The van der Waals surface area contributed by atoms with E-state index in [1.165, 1.54) is 0 Å². The van der Waals surface area contributed by atoms with Crippen molar-refractivity contribution in [2.24, 2.45) is 0 Å². The second kappa shape index (κ2) is 6.86. The SMILES string of the molecule is CC(C)(C)S(=O)N[C@@H](c1ccccc1)c1ccc(Br)cc1. The molecule has 0 fully saturated rings. The fourth-order valence-electron chi connectivity index (χ4n) is 1.91. The molecular formula is C17H20BrNOS. The molecule has 0 amide bonds. The fourth-order valence-corrected chi connectivity index (χ4v) is 3.02. The number of halogens is 1. The van der Waals surface area contributed by atoms with Crippen molar-refractivity contribution in [2.45, 2.75) is 31.6 Å². The Hall–Kier alpha value is -0.970. The summed E-state index contributed by atoms with van der Waals surface area (Å²) in [7, 11) is -1.14. The van der Waals surface area contributed by atoms with Gasteiger partial charge in [-0.2, -0.15) is 0 Å². The van der Waals surface area contributed by atoms with Crippen LogP contribution < -0.4 is 4.72 Å². The summed E-state index contributed by atoms with van der Waals surface area (Å²) in [6.07, 6.45) is 0. The van der Waals surface area contributed by atoms with Gasteiger partial charge >= 0.3 is 0 Å². The monoisotopic (exact) mass is 365 g/mol. The lowest BCUT2D eigenvalue weighted by atomic mass is 10.00. The molecule has 4 heteroatoms. The van der Waals surface area contributed by atoms with Crippen molar-refractivity contribution in [1.82, 2.24) is 4.72 Å². The zero-order valence-corrected chi connectivity index (χ0v) is 14.9. The van der Waals surface area contributed by atoms with Gasteiger partial charge in [-0.15, -0.1) is 0 Å². The summed E-state index contributed by atoms with van der Waals surface area (Å²) < 4.78 is 16.5. The van der Waals surface area contributed by atoms with Gasteiger partial charge in [0.1, 0.15) is 0 Å². The van der Waals surface area contributed by atoms with E-state index in [2.05, 4.69) is 44.9 Å². The van der Waals surface area contributed by atoms with Crippen molar-refractivity contribution in [3.63, 3.8) is 0 Å². The van der Waals surface area contributed by atoms with Gasteiger partial charge in [0, 0.05) is 4.47 Å². The summed E-state index contributed by atoms with van der Waals surface area (Å²) in [6, 6.07) is 18.1. The molecule has 2 aromatic rings. The summed E-state index contributed by atoms with van der Waals surface area (Å²) >= 11 is 3.45. The third kappa shape index (κ3) is 4.50. The molecule has 2 nitrogen and oxygen atoms in total. The number of benzene rings is 2. The van der Waals surface area contributed by atoms with Crippen molar-refractivity contribution in [2.75, 3.05) is 0 Å². The molecule has 112 valence electrons. The number of hydrogen-bond acceptors (Lipinski definition) is 1. The molecule has 0 aliphatic heterocycles. The predicted octanol–water partition coefficient (Wildman–Crippen LogP) is 4.59. The van der Waals surface area contributed by atoms with E-state index >= 15 is 0 Å². The Balaban J connectivity index is 2.36. The largest absolute Gasteiger partial charge is 0.242 e. The third-order valence-corrected chi connectivity index (χ3v) is 5.21. The first-order valence-electron chi connectivity index (χ1n) is 6.86. The molecule has 21 heavy (non-hydrogen) atoms. The minimum absolute atomic E-state index is 0.0839. The summed E-state index contributed by atoms with van der Waals surface area (Å²) in [5, 5.41) is 0. The van der Waals surface area contributed by atoms with Gasteiger partial charge in [0.25, 0.3) is 0 Å². The lowest BCUT2D eigenvalue weighted by Crippen LogP contribution is -2.36. The first-order valence-corrected chi connectivity index (χ1v) is 8.80. The maximum Gasteiger partial charge on any atom is 0.0979 e. The Labute approximate surface area is 137 Å². The highest BCUT2D eigenvalue weighted by atomic mass is 79.9. The standard InChI is InChI=1S/C17H20BrNOS/c1-17(2,3)21(20)19-16(13-7-5-4-6-8-13)14-9-11-15(18)12-10-14/h4-12,16,19H,1-3H3/t16-,21?/m0/s1. The van der Waals surface area contributed by atoms with Gasteiger partial charge < -0.3 is 0 Å². The molecule has 0 radical (unpaired) electrons. The van der Waals surface area contributed by atoms with Crippen LogP contribution in [0, 0.1) is 0 Å². The molecule has 2 rings (SSSR count). The molecule has 0 bridgehead atoms. The van der Waals surface area contributed by atoms with E-state index in [0.717, 1.165) is 15.6 Å². The Morgan fingerprint density at radius 2 is 1.48 bits per heavy atom. The van der Waals surface area contributed by atoms with Crippen LogP contribution in [0.2, 0.25) is 0 Å². The van der Waals surface area contributed by atoms with Crippen molar-refractivity contribution in [3.05, 3.63) is 70.2 Å². The molecule has 2 aromatic carbocycles. The van der Waals surface area contributed by atoms with Gasteiger partial charge in [-0.3, -0.25) is 0 Å². The van der Waals surface area contributed by atoms with Crippen LogP contribution in [0.5, 0.6) is 0 Å². The normalized spacial score (nSPS) is 14.7. The number of hydrogen-bond donors (Lipinski definition) is 1. The fraction of sp³-hybridized carbons (Fsp3) is 0.294. The Morgan fingerprint density at radius 3 is 2.00 bits per heavy atom. The average molecular weight is 366 g/mol. The summed E-state index contributed by atoms with van der Waals surface area (Å²) in [5.41, 5.74) is 2.21. The van der Waals surface area contributed by atoms with E-state index in [0.29, 0.717) is 0 Å². The van der Waals surface area contributed by atoms with Crippen LogP contribution in [0.15, 0.2) is 59.1 Å². The molecule has 0 aromatic heterocycles. The first kappa shape index (κ1) is 16.4. The zero-order chi connectivity index (χ0) is 15.5. The van der Waals surface area contributed by atoms with Crippen molar-refractivity contribution >= 4 is 26.9 Å². The van der Waals surface area contributed by atoms with E-state index in [1.807, 2.05) is 51.1 Å². The van der Waals surface area contributed by atoms with Gasteiger partial charge in [-0.1, -0.05) is 58.4 Å². The van der Waals surface area contributed by atoms with E-state index in [4.69, 9.17) is 0 Å². The third-order valence-electron chi connectivity index (χ3n) is 3.12. The Morgan fingerprint density at radius 1 is 0.952 bits per heavy atom. The molecule has 1 unspecified atom stereocenters. The van der Waals surface area contributed by atoms with Gasteiger partial charge in [0.15, 0.2) is 0 Å². The Kier molecular flexibility index (Phi) is 5.36. The highest BCUT2D eigenvalue weighted by Crippen LogP contribution is 2.25. The molecule has 2 atom stereocenters. The second-order valence-electron chi connectivity index (χ2n) is 5.89. The number of rotatable bonds is 4. The van der Waals surface area contributed by atoms with Crippen LogP contribution in [-0.4, -0.2) is 8.96 Å². The van der Waals surface area contributed by atoms with Crippen molar-refractivity contribution in [3.8, 4) is 0 Å². The molecule has 0 heterocycles. The van der Waals surface area contributed by atoms with E-state index in [1.54, 1.807) is 0 Å².